The molecule has 0 saturated heterocycles. The summed E-state index contributed by atoms with van der Waals surface area (Å²) in [5.41, 5.74) is 7.64. The van der Waals surface area contributed by atoms with Crippen molar-refractivity contribution in [2.24, 2.45) is 5.73 Å². The average molecular weight is 681 g/mol. The summed E-state index contributed by atoms with van der Waals surface area (Å²) in [6.07, 6.45) is 65.2. The van der Waals surface area contributed by atoms with Gasteiger partial charge in [0.25, 0.3) is 0 Å². The van der Waals surface area contributed by atoms with Crippen molar-refractivity contribution in [3.8, 4) is 0 Å². The molecule has 0 aliphatic heterocycles. The van der Waals surface area contributed by atoms with Crippen molar-refractivity contribution in [2.75, 3.05) is 0 Å². The molecule has 0 radical (unpaired) electrons. The first-order valence-electron chi connectivity index (χ1n) is 20.0. The first kappa shape index (κ1) is 44.4. The standard InChI is InChI=1S/C47H72N2O/c1-3-4-5-6-7-8-9-10-11-15-20-23-26-29-32-35-38-41-47(50)49-43-42-46(44-49)40-37-34-31-28-25-22-19-17-14-12-13-16-18-21-24-27-30-33-36-39-45(2)48/h7-8,10-13,17-21,23,27,29-30,32,42-44H,2-6,9,14-16,22,24-26,28,31,33-41,48H2,1H3/b8-7+,11-10+,13-12+,19-17+,21-18+,23-20+,30-27+,32-29+. The van der Waals surface area contributed by atoms with Gasteiger partial charge in [-0.15, -0.1) is 0 Å². The molecule has 2 N–H and O–H groups in total. The second kappa shape index (κ2) is 35.2. The van der Waals surface area contributed by atoms with Gasteiger partial charge >= 0.3 is 0 Å². The highest BCUT2D eigenvalue weighted by Gasteiger charge is 2.05. The van der Waals surface area contributed by atoms with E-state index in [1.54, 1.807) is 4.57 Å². The normalized spacial score (nSPS) is 12.7. The molecule has 3 nitrogen and oxygen atoms in total. The van der Waals surface area contributed by atoms with Crippen LogP contribution in [0.2, 0.25) is 0 Å². The summed E-state index contributed by atoms with van der Waals surface area (Å²) in [5, 5.41) is 0. The number of carbonyl (C=O) groups is 1. The monoisotopic (exact) mass is 681 g/mol. The summed E-state index contributed by atoms with van der Waals surface area (Å²) in [7, 11) is 0. The Morgan fingerprint density at radius 2 is 0.960 bits per heavy atom. The summed E-state index contributed by atoms with van der Waals surface area (Å²) in [6.45, 7) is 5.98. The molecule has 0 bridgehead atoms. The highest BCUT2D eigenvalue weighted by atomic mass is 16.1. The third-order valence-corrected chi connectivity index (χ3v) is 8.45. The fraction of sp³-hybridized carbons (Fsp3) is 0.511. The van der Waals surface area contributed by atoms with E-state index in [4.69, 9.17) is 5.73 Å². The van der Waals surface area contributed by atoms with Crippen LogP contribution in [0, 0.1) is 0 Å². The first-order chi connectivity index (χ1) is 24.6. The van der Waals surface area contributed by atoms with Crippen LogP contribution in [-0.2, 0) is 6.42 Å². The van der Waals surface area contributed by atoms with Gasteiger partial charge in [-0.25, -0.2) is 0 Å². The topological polar surface area (TPSA) is 48.0 Å². The molecular formula is C47H72N2O. The van der Waals surface area contributed by atoms with Crippen LogP contribution in [0.3, 0.4) is 0 Å². The predicted octanol–water partition coefficient (Wildman–Crippen LogP) is 14.2. The molecule has 0 fully saturated rings. The molecule has 0 atom stereocenters. The van der Waals surface area contributed by atoms with Crippen molar-refractivity contribution in [1.29, 1.82) is 0 Å². The van der Waals surface area contributed by atoms with E-state index < -0.39 is 0 Å². The number of nitrogens with zero attached hydrogens (tertiary/aromatic N) is 1. The number of aromatic nitrogens is 1. The van der Waals surface area contributed by atoms with Gasteiger partial charge in [-0.1, -0.05) is 143 Å². The molecule has 0 aromatic carbocycles. The van der Waals surface area contributed by atoms with E-state index in [0.717, 1.165) is 82.7 Å². The van der Waals surface area contributed by atoms with Gasteiger partial charge in [-0.3, -0.25) is 9.36 Å². The van der Waals surface area contributed by atoms with Crippen molar-refractivity contribution in [2.45, 2.75) is 155 Å². The largest absolute Gasteiger partial charge is 0.403 e. The van der Waals surface area contributed by atoms with Gasteiger partial charge in [0.2, 0.25) is 5.91 Å². The minimum atomic E-state index is 0.203. The van der Waals surface area contributed by atoms with Crippen LogP contribution in [0.15, 0.2) is 128 Å². The average Bonchev–Trinajstić information content (AvgIpc) is 3.59. The predicted molar refractivity (Wildman–Crippen MR) is 222 cm³/mol. The lowest BCUT2D eigenvalue weighted by Crippen LogP contribution is -2.07. The summed E-state index contributed by atoms with van der Waals surface area (Å²) >= 11 is 0. The lowest BCUT2D eigenvalue weighted by molar-refractivity contribution is 0.0900. The number of rotatable bonds is 32. The highest BCUT2D eigenvalue weighted by Crippen LogP contribution is 2.12. The number of hydrogen-bond acceptors (Lipinski definition) is 2. The van der Waals surface area contributed by atoms with Gasteiger partial charge in [0.15, 0.2) is 0 Å². The minimum Gasteiger partial charge on any atom is -0.403 e. The van der Waals surface area contributed by atoms with E-state index in [1.165, 1.54) is 69.8 Å². The molecule has 0 amide bonds. The van der Waals surface area contributed by atoms with E-state index >= 15 is 0 Å². The zero-order chi connectivity index (χ0) is 36.0. The quantitative estimate of drug-likeness (QED) is 0.0608. The van der Waals surface area contributed by atoms with Crippen molar-refractivity contribution in [3.05, 3.63) is 134 Å². The Kier molecular flexibility index (Phi) is 31.3. The molecule has 50 heavy (non-hydrogen) atoms. The number of nitrogens with two attached hydrogens (primary N) is 1. The maximum atomic E-state index is 12.6. The van der Waals surface area contributed by atoms with Crippen LogP contribution in [0.1, 0.15) is 159 Å². The molecule has 1 aromatic rings. The van der Waals surface area contributed by atoms with Gasteiger partial charge in [0, 0.05) is 24.5 Å². The highest BCUT2D eigenvalue weighted by molar-refractivity contribution is 5.79. The van der Waals surface area contributed by atoms with E-state index in [-0.39, 0.29) is 5.91 Å². The third kappa shape index (κ3) is 30.5. The Hall–Kier alpha value is -3.59. The van der Waals surface area contributed by atoms with Crippen LogP contribution in [0.25, 0.3) is 0 Å². The number of aryl methyl sites for hydroxylation is 1. The molecule has 0 spiro atoms. The fourth-order valence-corrected chi connectivity index (χ4v) is 5.42. The summed E-state index contributed by atoms with van der Waals surface area (Å²) in [5.74, 6) is 0.203. The van der Waals surface area contributed by atoms with Crippen molar-refractivity contribution in [1.82, 2.24) is 4.57 Å². The minimum absolute atomic E-state index is 0.203. The van der Waals surface area contributed by atoms with Gasteiger partial charge in [0.05, 0.1) is 0 Å². The fourth-order valence-electron chi connectivity index (χ4n) is 5.42. The lowest BCUT2D eigenvalue weighted by atomic mass is 10.1. The second-order valence-electron chi connectivity index (χ2n) is 13.3. The number of unbranched alkanes of at least 4 members (excludes halogenated alkanes) is 10. The lowest BCUT2D eigenvalue weighted by Gasteiger charge is -2.01. The van der Waals surface area contributed by atoms with Gasteiger partial charge in [0.1, 0.15) is 0 Å². The number of carbonyl (C=O) groups excluding carboxylic acids is 1. The van der Waals surface area contributed by atoms with Gasteiger partial charge in [-0.2, -0.15) is 0 Å². The van der Waals surface area contributed by atoms with Crippen molar-refractivity contribution >= 4 is 5.91 Å². The van der Waals surface area contributed by atoms with Crippen LogP contribution in [-0.4, -0.2) is 10.5 Å². The van der Waals surface area contributed by atoms with Gasteiger partial charge < -0.3 is 5.73 Å². The van der Waals surface area contributed by atoms with Gasteiger partial charge in [-0.05, 0) is 121 Å². The number of allylic oxidation sites excluding steroid dienone is 17. The summed E-state index contributed by atoms with van der Waals surface area (Å²) in [6, 6.07) is 2.11. The summed E-state index contributed by atoms with van der Waals surface area (Å²) in [4.78, 5) is 12.6. The van der Waals surface area contributed by atoms with Crippen LogP contribution < -0.4 is 5.73 Å². The molecule has 1 aromatic heterocycles. The Balaban J connectivity index is 1.97. The molecule has 0 aliphatic rings. The molecule has 1 heterocycles. The molecule has 3 heteroatoms. The maximum absolute atomic E-state index is 12.6. The Morgan fingerprint density at radius 1 is 0.560 bits per heavy atom. The van der Waals surface area contributed by atoms with E-state index in [0.29, 0.717) is 6.42 Å². The zero-order valence-corrected chi connectivity index (χ0v) is 31.9. The van der Waals surface area contributed by atoms with E-state index in [1.807, 2.05) is 12.4 Å². The molecular weight excluding hydrogens is 609 g/mol. The Morgan fingerprint density at radius 3 is 1.44 bits per heavy atom. The Labute approximate surface area is 308 Å². The molecule has 0 saturated carbocycles. The van der Waals surface area contributed by atoms with Crippen molar-refractivity contribution < 1.29 is 4.79 Å². The van der Waals surface area contributed by atoms with Crippen LogP contribution in [0.5, 0.6) is 0 Å². The van der Waals surface area contributed by atoms with Crippen LogP contribution >= 0.6 is 0 Å². The smallest absolute Gasteiger partial charge is 0.230 e. The SMILES string of the molecule is C=C(N)CCC/C=C/C/C=C/C/C=C/C/C=C/CCCCCCCc1ccn(C(=O)CCC/C=C/C/C=C/C/C=C/C/C=C/CCCCC)c1. The van der Waals surface area contributed by atoms with E-state index in [9.17, 15) is 4.79 Å². The van der Waals surface area contributed by atoms with Crippen LogP contribution in [0.4, 0.5) is 0 Å². The van der Waals surface area contributed by atoms with Crippen molar-refractivity contribution in [3.63, 3.8) is 0 Å². The summed E-state index contributed by atoms with van der Waals surface area (Å²) < 4.78 is 1.79. The Bertz CT molecular complexity index is 1200. The molecule has 1 rings (SSSR count). The maximum Gasteiger partial charge on any atom is 0.230 e. The second-order valence-corrected chi connectivity index (χ2v) is 13.3. The molecule has 0 unspecified atom stereocenters. The molecule has 276 valence electrons. The van der Waals surface area contributed by atoms with E-state index in [2.05, 4.69) is 117 Å². The first-order valence-corrected chi connectivity index (χ1v) is 20.0. The number of hydrogen-bond donors (Lipinski definition) is 1. The third-order valence-electron chi connectivity index (χ3n) is 8.45. The zero-order valence-electron chi connectivity index (χ0n) is 31.9. The molecule has 0 aliphatic carbocycles.